The molecule has 3 rings (SSSR count). The number of piperidine rings is 1. The van der Waals surface area contributed by atoms with Crippen molar-refractivity contribution >= 4 is 5.91 Å². The van der Waals surface area contributed by atoms with E-state index in [-0.39, 0.29) is 12.2 Å². The molecule has 0 radical (unpaired) electrons. The van der Waals surface area contributed by atoms with Crippen LogP contribution < -0.4 is 9.47 Å². The van der Waals surface area contributed by atoms with Crippen LogP contribution in [0.25, 0.3) is 0 Å². The predicted octanol–water partition coefficient (Wildman–Crippen LogP) is 2.24. The lowest BCUT2D eigenvalue weighted by molar-refractivity contribution is -0.0956. The molecular weight excluding hydrogens is 310 g/mol. The van der Waals surface area contributed by atoms with Gasteiger partial charge in [0, 0.05) is 30.1 Å². The lowest BCUT2D eigenvalue weighted by atomic mass is 9.95. The van der Waals surface area contributed by atoms with Crippen molar-refractivity contribution in [3.8, 4) is 11.5 Å². The average Bonchev–Trinajstić information content (AvgIpc) is 3.16. The lowest BCUT2D eigenvalue weighted by Gasteiger charge is -2.34. The first kappa shape index (κ1) is 17.0. The van der Waals surface area contributed by atoms with E-state index < -0.39 is 0 Å². The van der Waals surface area contributed by atoms with Crippen LogP contribution in [-0.2, 0) is 9.47 Å². The van der Waals surface area contributed by atoms with E-state index >= 15 is 0 Å². The Morgan fingerprint density at radius 3 is 2.12 bits per heavy atom. The number of methoxy groups -OCH3 is 2. The van der Waals surface area contributed by atoms with E-state index in [1.165, 1.54) is 0 Å². The fraction of sp³-hybridized carbons (Fsp3) is 0.611. The zero-order chi connectivity index (χ0) is 17.1. The minimum Gasteiger partial charge on any atom is -0.496 e. The van der Waals surface area contributed by atoms with E-state index in [4.69, 9.17) is 18.9 Å². The van der Waals surface area contributed by atoms with Crippen LogP contribution in [0, 0.1) is 12.8 Å². The molecule has 0 N–H and O–H groups in total. The molecule has 0 unspecified atom stereocenters. The van der Waals surface area contributed by atoms with Gasteiger partial charge in [0.1, 0.15) is 11.5 Å². The van der Waals surface area contributed by atoms with Crippen molar-refractivity contribution in [3.05, 3.63) is 23.3 Å². The second-order valence-corrected chi connectivity index (χ2v) is 6.25. The third-order valence-corrected chi connectivity index (χ3v) is 4.86. The Bertz CT molecular complexity index is 564. The Morgan fingerprint density at radius 2 is 1.62 bits per heavy atom. The molecule has 1 aromatic rings. The van der Waals surface area contributed by atoms with Crippen LogP contribution >= 0.6 is 0 Å². The molecule has 0 spiro atoms. The highest BCUT2D eigenvalue weighted by atomic mass is 16.7. The molecule has 0 aliphatic carbocycles. The smallest absolute Gasteiger partial charge is 0.254 e. The average molecular weight is 335 g/mol. The number of hydrogen-bond donors (Lipinski definition) is 0. The Labute approximate surface area is 142 Å². The van der Waals surface area contributed by atoms with Gasteiger partial charge in [0.15, 0.2) is 6.29 Å². The number of carbonyl (C=O) groups is 1. The van der Waals surface area contributed by atoms with Gasteiger partial charge in [-0.2, -0.15) is 0 Å². The largest absolute Gasteiger partial charge is 0.496 e. The summed E-state index contributed by atoms with van der Waals surface area (Å²) in [6.07, 6.45) is 1.70. The minimum absolute atomic E-state index is 0.0123. The molecule has 6 nitrogen and oxygen atoms in total. The first-order valence-corrected chi connectivity index (χ1v) is 8.39. The molecule has 0 atom stereocenters. The van der Waals surface area contributed by atoms with Gasteiger partial charge in [0.2, 0.25) is 0 Å². The van der Waals surface area contributed by atoms with Crippen LogP contribution in [0.15, 0.2) is 12.1 Å². The van der Waals surface area contributed by atoms with Gasteiger partial charge in [0.25, 0.3) is 5.91 Å². The summed E-state index contributed by atoms with van der Waals surface area (Å²) < 4.78 is 21.9. The fourth-order valence-electron chi connectivity index (χ4n) is 3.42. The highest BCUT2D eigenvalue weighted by Gasteiger charge is 2.32. The lowest BCUT2D eigenvalue weighted by Crippen LogP contribution is -2.41. The first-order valence-electron chi connectivity index (χ1n) is 8.39. The molecule has 2 heterocycles. The topological polar surface area (TPSA) is 57.2 Å². The summed E-state index contributed by atoms with van der Waals surface area (Å²) in [4.78, 5) is 14.7. The zero-order valence-corrected chi connectivity index (χ0v) is 14.5. The van der Waals surface area contributed by atoms with E-state index in [2.05, 4.69) is 0 Å². The zero-order valence-electron chi connectivity index (χ0n) is 14.5. The molecule has 0 bridgehead atoms. The van der Waals surface area contributed by atoms with Gasteiger partial charge in [0.05, 0.1) is 27.4 Å². The van der Waals surface area contributed by atoms with Gasteiger partial charge < -0.3 is 23.8 Å². The van der Waals surface area contributed by atoms with Gasteiger partial charge >= 0.3 is 0 Å². The van der Waals surface area contributed by atoms with Gasteiger partial charge in [-0.3, -0.25) is 4.79 Å². The van der Waals surface area contributed by atoms with Crippen molar-refractivity contribution in [1.29, 1.82) is 0 Å². The van der Waals surface area contributed by atoms with Crippen LogP contribution in [0.1, 0.15) is 28.8 Å². The highest BCUT2D eigenvalue weighted by Crippen LogP contribution is 2.31. The molecule has 6 heteroatoms. The summed E-state index contributed by atoms with van der Waals surface area (Å²) in [6.45, 7) is 4.69. The van der Waals surface area contributed by atoms with Crippen LogP contribution in [0.5, 0.6) is 11.5 Å². The molecular formula is C18H25NO5. The predicted molar refractivity (Wildman–Crippen MR) is 88.6 cm³/mol. The molecule has 132 valence electrons. The maximum absolute atomic E-state index is 12.8. The Kier molecular flexibility index (Phi) is 5.26. The molecule has 0 aromatic heterocycles. The van der Waals surface area contributed by atoms with Crippen molar-refractivity contribution in [2.24, 2.45) is 5.92 Å². The van der Waals surface area contributed by atoms with E-state index in [1.807, 2.05) is 11.8 Å². The molecule has 1 amide bonds. The van der Waals surface area contributed by atoms with Gasteiger partial charge in [-0.1, -0.05) is 0 Å². The number of ether oxygens (including phenoxy) is 4. The van der Waals surface area contributed by atoms with Crippen molar-refractivity contribution in [3.63, 3.8) is 0 Å². The number of rotatable bonds is 4. The van der Waals surface area contributed by atoms with Crippen LogP contribution in [-0.4, -0.2) is 57.6 Å². The standard InChI is InChI=1S/C18H25NO5/c1-12-15(21-2)10-14(11-16(12)22-3)17(20)19-6-4-13(5-7-19)18-23-8-9-24-18/h10-11,13,18H,4-9H2,1-3H3. The summed E-state index contributed by atoms with van der Waals surface area (Å²) in [5.74, 6) is 1.72. The molecule has 2 aliphatic heterocycles. The molecule has 2 saturated heterocycles. The monoisotopic (exact) mass is 335 g/mol. The summed E-state index contributed by atoms with van der Waals surface area (Å²) in [7, 11) is 3.20. The maximum atomic E-state index is 12.8. The van der Waals surface area contributed by atoms with Gasteiger partial charge in [-0.05, 0) is 31.9 Å². The van der Waals surface area contributed by atoms with E-state index in [0.717, 1.165) is 18.4 Å². The number of likely N-dealkylation sites (tertiary alicyclic amines) is 1. The third kappa shape index (κ3) is 3.35. The van der Waals surface area contributed by atoms with Crippen molar-refractivity contribution in [1.82, 2.24) is 4.90 Å². The van der Waals surface area contributed by atoms with E-state index in [0.29, 0.717) is 49.3 Å². The maximum Gasteiger partial charge on any atom is 0.254 e. The second kappa shape index (κ2) is 7.40. The van der Waals surface area contributed by atoms with Crippen molar-refractivity contribution in [2.75, 3.05) is 40.5 Å². The quantitative estimate of drug-likeness (QED) is 0.845. The van der Waals surface area contributed by atoms with E-state index in [9.17, 15) is 4.79 Å². The highest BCUT2D eigenvalue weighted by molar-refractivity contribution is 5.95. The third-order valence-electron chi connectivity index (χ3n) is 4.86. The Hall–Kier alpha value is -1.79. The number of benzene rings is 1. The van der Waals surface area contributed by atoms with Crippen LogP contribution in [0.4, 0.5) is 0 Å². The summed E-state index contributed by atoms with van der Waals surface area (Å²) >= 11 is 0. The normalized spacial score (nSPS) is 19.5. The number of hydrogen-bond acceptors (Lipinski definition) is 5. The van der Waals surface area contributed by atoms with Crippen molar-refractivity contribution < 1.29 is 23.7 Å². The minimum atomic E-state index is -0.0955. The van der Waals surface area contributed by atoms with Crippen LogP contribution in [0.2, 0.25) is 0 Å². The second-order valence-electron chi connectivity index (χ2n) is 6.25. The Morgan fingerprint density at radius 1 is 1.08 bits per heavy atom. The number of nitrogens with zero attached hydrogens (tertiary/aromatic N) is 1. The van der Waals surface area contributed by atoms with Gasteiger partial charge in [-0.25, -0.2) is 0 Å². The molecule has 1 aromatic carbocycles. The van der Waals surface area contributed by atoms with Gasteiger partial charge in [-0.15, -0.1) is 0 Å². The molecule has 2 aliphatic rings. The van der Waals surface area contributed by atoms with Crippen LogP contribution in [0.3, 0.4) is 0 Å². The van der Waals surface area contributed by atoms with E-state index in [1.54, 1.807) is 26.4 Å². The molecule has 24 heavy (non-hydrogen) atoms. The summed E-state index contributed by atoms with van der Waals surface area (Å²) in [6, 6.07) is 3.57. The fourth-order valence-corrected chi connectivity index (χ4v) is 3.42. The molecule has 2 fully saturated rings. The van der Waals surface area contributed by atoms with Crippen molar-refractivity contribution in [2.45, 2.75) is 26.1 Å². The SMILES string of the molecule is COc1cc(C(=O)N2CCC(C3OCCO3)CC2)cc(OC)c1C. The number of amides is 1. The summed E-state index contributed by atoms with van der Waals surface area (Å²) in [5.41, 5.74) is 1.49. The number of carbonyl (C=O) groups excluding carboxylic acids is 1. The Balaban J connectivity index is 1.69. The first-order chi connectivity index (χ1) is 11.6. The summed E-state index contributed by atoms with van der Waals surface area (Å²) in [5, 5.41) is 0. The molecule has 0 saturated carbocycles.